The van der Waals surface area contributed by atoms with Gasteiger partial charge in [-0.2, -0.15) is 0 Å². The van der Waals surface area contributed by atoms with E-state index in [0.717, 1.165) is 6.26 Å². The Bertz CT molecular complexity index is 786. The fourth-order valence-corrected chi connectivity index (χ4v) is 2.58. The number of halogens is 1. The van der Waals surface area contributed by atoms with Crippen LogP contribution in [0.2, 0.25) is 0 Å². The fraction of sp³-hybridized carbons (Fsp3) is 0.188. The molecular weight excluding hydrogens is 321 g/mol. The van der Waals surface area contributed by atoms with Crippen molar-refractivity contribution in [2.45, 2.75) is 11.0 Å². The number of hydrogen-bond donors (Lipinski definition) is 2. The van der Waals surface area contributed by atoms with Crippen molar-refractivity contribution < 1.29 is 22.7 Å². The summed E-state index contributed by atoms with van der Waals surface area (Å²) in [5.74, 6) is -0.845. The van der Waals surface area contributed by atoms with Crippen LogP contribution in [0.25, 0.3) is 0 Å². The highest BCUT2D eigenvalue weighted by Gasteiger charge is 2.12. The summed E-state index contributed by atoms with van der Waals surface area (Å²) in [5, 5.41) is 12.5. The number of aliphatic hydroxyl groups excluding tert-OH is 1. The summed E-state index contributed by atoms with van der Waals surface area (Å²) < 4.78 is 35.5. The topological polar surface area (TPSA) is 83.5 Å². The van der Waals surface area contributed by atoms with E-state index in [4.69, 9.17) is 0 Å². The van der Waals surface area contributed by atoms with Crippen molar-refractivity contribution in [2.75, 3.05) is 12.8 Å². The Hall–Kier alpha value is -2.25. The molecule has 0 heterocycles. The van der Waals surface area contributed by atoms with E-state index in [9.17, 15) is 22.7 Å². The number of rotatable bonds is 5. The predicted octanol–water partition coefficient (Wildman–Crippen LogP) is 1.69. The Morgan fingerprint density at radius 3 is 2.22 bits per heavy atom. The highest BCUT2D eigenvalue weighted by molar-refractivity contribution is 7.90. The number of aliphatic hydroxyl groups is 1. The fourth-order valence-electron chi connectivity index (χ4n) is 1.95. The molecule has 23 heavy (non-hydrogen) atoms. The maximum absolute atomic E-state index is 12.8. The summed E-state index contributed by atoms with van der Waals surface area (Å²) in [6, 6.07) is 10.8. The van der Waals surface area contributed by atoms with Gasteiger partial charge in [0.25, 0.3) is 5.91 Å². The number of benzene rings is 2. The minimum Gasteiger partial charge on any atom is -0.387 e. The summed E-state index contributed by atoms with van der Waals surface area (Å²) in [7, 11) is -3.31. The van der Waals surface area contributed by atoms with Crippen LogP contribution >= 0.6 is 0 Å². The molecule has 2 aromatic rings. The molecule has 0 bridgehead atoms. The minimum absolute atomic E-state index is 0.0434. The second-order valence-corrected chi connectivity index (χ2v) is 7.09. The van der Waals surface area contributed by atoms with Crippen LogP contribution in [0.3, 0.4) is 0 Å². The van der Waals surface area contributed by atoms with Crippen molar-refractivity contribution in [3.63, 3.8) is 0 Å². The number of nitrogens with one attached hydrogen (secondary N) is 1. The molecule has 1 amide bonds. The molecule has 0 spiro atoms. The largest absolute Gasteiger partial charge is 0.387 e. The molecule has 1 atom stereocenters. The smallest absolute Gasteiger partial charge is 0.251 e. The maximum atomic E-state index is 12.8. The summed E-state index contributed by atoms with van der Waals surface area (Å²) in [5.41, 5.74) is 0.767. The van der Waals surface area contributed by atoms with Crippen molar-refractivity contribution in [2.24, 2.45) is 0 Å². The molecule has 1 unspecified atom stereocenters. The normalized spacial score (nSPS) is 12.7. The average Bonchev–Trinajstić information content (AvgIpc) is 2.52. The van der Waals surface area contributed by atoms with Gasteiger partial charge >= 0.3 is 0 Å². The molecule has 2 N–H and O–H groups in total. The lowest BCUT2D eigenvalue weighted by atomic mass is 10.1. The first kappa shape index (κ1) is 17.1. The van der Waals surface area contributed by atoms with Gasteiger partial charge in [-0.25, -0.2) is 12.8 Å². The van der Waals surface area contributed by atoms with Gasteiger partial charge < -0.3 is 10.4 Å². The van der Waals surface area contributed by atoms with E-state index < -0.39 is 27.7 Å². The van der Waals surface area contributed by atoms with Crippen molar-refractivity contribution in [3.05, 3.63) is 65.5 Å². The molecule has 0 aliphatic heterocycles. The molecule has 5 nitrogen and oxygen atoms in total. The Kier molecular flexibility index (Phi) is 5.12. The Morgan fingerprint density at radius 2 is 1.70 bits per heavy atom. The van der Waals surface area contributed by atoms with E-state index in [0.29, 0.717) is 5.56 Å². The van der Waals surface area contributed by atoms with Crippen LogP contribution < -0.4 is 5.32 Å². The van der Waals surface area contributed by atoms with Crippen LogP contribution in [0, 0.1) is 5.82 Å². The molecular formula is C16H16FNO4S. The van der Waals surface area contributed by atoms with Gasteiger partial charge in [0, 0.05) is 18.4 Å². The van der Waals surface area contributed by atoms with Gasteiger partial charge in [0.15, 0.2) is 9.84 Å². The van der Waals surface area contributed by atoms with E-state index in [-0.39, 0.29) is 17.0 Å². The SMILES string of the molecule is CS(=O)(=O)c1ccc(C(=O)NCC(O)c2ccc(F)cc2)cc1. The van der Waals surface area contributed by atoms with Gasteiger partial charge in [-0.15, -0.1) is 0 Å². The van der Waals surface area contributed by atoms with Gasteiger partial charge in [-0.3, -0.25) is 4.79 Å². The third-order valence-corrected chi connectivity index (χ3v) is 4.38. The second-order valence-electron chi connectivity index (χ2n) is 5.07. The van der Waals surface area contributed by atoms with Crippen molar-refractivity contribution in [1.82, 2.24) is 5.32 Å². The number of carbonyl (C=O) groups excluding carboxylic acids is 1. The number of carbonyl (C=O) groups is 1. The zero-order chi connectivity index (χ0) is 17.0. The van der Waals surface area contributed by atoms with E-state index in [1.165, 1.54) is 48.5 Å². The van der Waals surface area contributed by atoms with Gasteiger partial charge in [0.2, 0.25) is 0 Å². The zero-order valence-corrected chi connectivity index (χ0v) is 13.2. The summed E-state index contributed by atoms with van der Waals surface area (Å²) >= 11 is 0. The summed E-state index contributed by atoms with van der Waals surface area (Å²) in [6.45, 7) is -0.0434. The monoisotopic (exact) mass is 337 g/mol. The van der Waals surface area contributed by atoms with Crippen LogP contribution in [0.15, 0.2) is 53.4 Å². The lowest BCUT2D eigenvalue weighted by molar-refractivity contribution is 0.0916. The van der Waals surface area contributed by atoms with Crippen LogP contribution in [-0.4, -0.2) is 32.2 Å². The van der Waals surface area contributed by atoms with E-state index in [2.05, 4.69) is 5.32 Å². The molecule has 2 rings (SSSR count). The van der Waals surface area contributed by atoms with E-state index in [1.54, 1.807) is 0 Å². The van der Waals surface area contributed by atoms with Crippen molar-refractivity contribution >= 4 is 15.7 Å². The van der Waals surface area contributed by atoms with Crippen molar-refractivity contribution in [3.8, 4) is 0 Å². The molecule has 0 saturated carbocycles. The maximum Gasteiger partial charge on any atom is 0.251 e. The Balaban J connectivity index is 1.98. The number of sulfone groups is 1. The standard InChI is InChI=1S/C16H16FNO4S/c1-23(21,22)14-8-4-12(5-9-14)16(20)18-10-15(19)11-2-6-13(17)7-3-11/h2-9,15,19H,10H2,1H3,(H,18,20). The minimum atomic E-state index is -3.31. The summed E-state index contributed by atoms with van der Waals surface area (Å²) in [6.07, 6.45) is 0.121. The molecule has 0 aliphatic carbocycles. The average molecular weight is 337 g/mol. The molecule has 0 radical (unpaired) electrons. The van der Waals surface area contributed by atoms with Crippen LogP contribution in [0.4, 0.5) is 4.39 Å². The van der Waals surface area contributed by atoms with Gasteiger partial charge in [0.05, 0.1) is 11.0 Å². The highest BCUT2D eigenvalue weighted by Crippen LogP contribution is 2.13. The lowest BCUT2D eigenvalue weighted by Gasteiger charge is -2.12. The zero-order valence-electron chi connectivity index (χ0n) is 12.4. The molecule has 0 aromatic heterocycles. The molecule has 0 fully saturated rings. The first-order chi connectivity index (χ1) is 10.8. The first-order valence-corrected chi connectivity index (χ1v) is 8.68. The van der Waals surface area contributed by atoms with Crippen LogP contribution in [0.1, 0.15) is 22.0 Å². The van der Waals surface area contributed by atoms with E-state index >= 15 is 0 Å². The van der Waals surface area contributed by atoms with E-state index in [1.807, 2.05) is 0 Å². The van der Waals surface area contributed by atoms with Crippen LogP contribution in [0.5, 0.6) is 0 Å². The third kappa shape index (κ3) is 4.61. The van der Waals surface area contributed by atoms with Crippen LogP contribution in [-0.2, 0) is 9.84 Å². The molecule has 2 aromatic carbocycles. The highest BCUT2D eigenvalue weighted by atomic mass is 32.2. The lowest BCUT2D eigenvalue weighted by Crippen LogP contribution is -2.28. The quantitative estimate of drug-likeness (QED) is 0.870. The predicted molar refractivity (Wildman–Crippen MR) is 83.2 cm³/mol. The molecule has 122 valence electrons. The third-order valence-electron chi connectivity index (χ3n) is 3.26. The van der Waals surface area contributed by atoms with Gasteiger partial charge in [-0.05, 0) is 42.0 Å². The summed E-state index contributed by atoms with van der Waals surface area (Å²) in [4.78, 5) is 12.1. The number of hydrogen-bond acceptors (Lipinski definition) is 4. The van der Waals surface area contributed by atoms with Crippen molar-refractivity contribution in [1.29, 1.82) is 0 Å². The first-order valence-electron chi connectivity index (χ1n) is 6.79. The van der Waals surface area contributed by atoms with Gasteiger partial charge in [0.1, 0.15) is 5.82 Å². The molecule has 0 aliphatic rings. The second kappa shape index (κ2) is 6.89. The Labute approximate surface area is 133 Å². The molecule has 0 saturated heterocycles. The molecule has 7 heteroatoms. The Morgan fingerprint density at radius 1 is 1.13 bits per heavy atom. The van der Waals surface area contributed by atoms with Gasteiger partial charge in [-0.1, -0.05) is 12.1 Å². The number of amides is 1.